The van der Waals surface area contributed by atoms with Crippen LogP contribution in [0.5, 0.6) is 5.75 Å². The Morgan fingerprint density at radius 2 is 1.95 bits per heavy atom. The Hall–Kier alpha value is -2.04. The van der Waals surface area contributed by atoms with Crippen LogP contribution < -0.4 is 4.74 Å². The largest absolute Gasteiger partial charge is 0.493 e. The molecule has 1 aliphatic rings. The Kier molecular flexibility index (Phi) is 4.61. The second-order valence-corrected chi connectivity index (χ2v) is 5.06. The second kappa shape index (κ2) is 6.41. The number of benzene rings is 1. The van der Waals surface area contributed by atoms with Gasteiger partial charge in [0, 0.05) is 6.04 Å². The van der Waals surface area contributed by atoms with Gasteiger partial charge in [0.05, 0.1) is 13.0 Å². The van der Waals surface area contributed by atoms with Crippen molar-refractivity contribution >= 4 is 11.9 Å². The molecule has 108 valence electrons. The maximum Gasteiger partial charge on any atom is 0.323 e. The Morgan fingerprint density at radius 3 is 2.50 bits per heavy atom. The van der Waals surface area contributed by atoms with Gasteiger partial charge in [0.2, 0.25) is 5.91 Å². The van der Waals surface area contributed by atoms with E-state index in [0.717, 1.165) is 24.2 Å². The first kappa shape index (κ1) is 14.4. The highest BCUT2D eigenvalue weighted by Crippen LogP contribution is 2.27. The molecule has 0 heterocycles. The van der Waals surface area contributed by atoms with Crippen molar-refractivity contribution in [3.05, 3.63) is 29.8 Å². The van der Waals surface area contributed by atoms with Gasteiger partial charge < -0.3 is 14.7 Å². The molecule has 0 unspecified atom stereocenters. The van der Waals surface area contributed by atoms with Crippen LogP contribution >= 0.6 is 0 Å². The van der Waals surface area contributed by atoms with Crippen molar-refractivity contribution in [1.82, 2.24) is 4.90 Å². The van der Waals surface area contributed by atoms with E-state index in [0.29, 0.717) is 0 Å². The zero-order chi connectivity index (χ0) is 14.5. The van der Waals surface area contributed by atoms with Crippen molar-refractivity contribution in [2.45, 2.75) is 32.2 Å². The molecule has 1 aromatic carbocycles. The first-order valence-electron chi connectivity index (χ1n) is 6.77. The van der Waals surface area contributed by atoms with Crippen LogP contribution in [-0.4, -0.2) is 41.1 Å². The highest BCUT2D eigenvalue weighted by Gasteiger charge is 2.33. The number of carboxylic acid groups (broad SMARTS) is 1. The van der Waals surface area contributed by atoms with E-state index in [9.17, 15) is 9.59 Å². The summed E-state index contributed by atoms with van der Waals surface area (Å²) in [4.78, 5) is 24.2. The fourth-order valence-corrected chi connectivity index (χ4v) is 1.99. The fourth-order valence-electron chi connectivity index (χ4n) is 1.99. The number of amides is 1. The lowest BCUT2D eigenvalue weighted by Crippen LogP contribution is -2.38. The monoisotopic (exact) mass is 277 g/mol. The molecule has 0 aromatic heterocycles. The van der Waals surface area contributed by atoms with E-state index < -0.39 is 5.97 Å². The summed E-state index contributed by atoms with van der Waals surface area (Å²) in [5.74, 6) is -0.397. The molecule has 0 aliphatic heterocycles. The van der Waals surface area contributed by atoms with Crippen LogP contribution in [0.4, 0.5) is 0 Å². The van der Waals surface area contributed by atoms with Crippen LogP contribution in [-0.2, 0) is 9.59 Å². The fraction of sp³-hybridized carbons (Fsp3) is 0.467. The van der Waals surface area contributed by atoms with E-state index in [2.05, 4.69) is 0 Å². The Morgan fingerprint density at radius 1 is 1.30 bits per heavy atom. The predicted molar refractivity (Wildman–Crippen MR) is 73.7 cm³/mol. The van der Waals surface area contributed by atoms with Gasteiger partial charge in [0.1, 0.15) is 12.3 Å². The van der Waals surface area contributed by atoms with E-state index in [1.807, 2.05) is 31.2 Å². The van der Waals surface area contributed by atoms with Crippen LogP contribution in [0.2, 0.25) is 0 Å². The molecule has 20 heavy (non-hydrogen) atoms. The number of aliphatic carboxylic acids is 1. The van der Waals surface area contributed by atoms with E-state index in [-0.39, 0.29) is 31.5 Å². The van der Waals surface area contributed by atoms with E-state index in [1.54, 1.807) is 0 Å². The lowest BCUT2D eigenvalue weighted by atomic mass is 10.2. The number of hydrogen-bond acceptors (Lipinski definition) is 3. The van der Waals surface area contributed by atoms with Gasteiger partial charge >= 0.3 is 5.97 Å². The summed E-state index contributed by atoms with van der Waals surface area (Å²) in [5.41, 5.74) is 1.15. The van der Waals surface area contributed by atoms with E-state index in [4.69, 9.17) is 9.84 Å². The smallest absolute Gasteiger partial charge is 0.323 e. The minimum absolute atomic E-state index is 0.109. The van der Waals surface area contributed by atoms with Crippen molar-refractivity contribution in [1.29, 1.82) is 0 Å². The van der Waals surface area contributed by atoms with E-state index in [1.165, 1.54) is 4.90 Å². The van der Waals surface area contributed by atoms with Gasteiger partial charge in [0.15, 0.2) is 0 Å². The maximum atomic E-state index is 12.0. The van der Waals surface area contributed by atoms with Gasteiger partial charge in [-0.05, 0) is 31.9 Å². The molecule has 1 N–H and O–H groups in total. The van der Waals surface area contributed by atoms with Gasteiger partial charge in [-0.1, -0.05) is 17.7 Å². The Labute approximate surface area is 118 Å². The highest BCUT2D eigenvalue weighted by molar-refractivity contribution is 5.82. The van der Waals surface area contributed by atoms with Crippen LogP contribution in [0.25, 0.3) is 0 Å². The summed E-state index contributed by atoms with van der Waals surface area (Å²) in [6.45, 7) is 2.05. The molecule has 1 aliphatic carbocycles. The molecule has 5 heteroatoms. The lowest BCUT2D eigenvalue weighted by molar-refractivity contribution is -0.145. The molecule has 1 aromatic rings. The standard InChI is InChI=1S/C15H19NO4/c1-11-2-6-13(7-3-11)20-9-8-14(17)16(10-15(18)19)12-4-5-12/h2-3,6-7,12H,4-5,8-10H2,1H3,(H,18,19). The number of carboxylic acids is 1. The molecular weight excluding hydrogens is 258 g/mol. The molecule has 0 saturated heterocycles. The van der Waals surface area contributed by atoms with Crippen molar-refractivity contribution in [3.8, 4) is 5.75 Å². The van der Waals surface area contributed by atoms with Crippen molar-refractivity contribution < 1.29 is 19.4 Å². The summed E-state index contributed by atoms with van der Waals surface area (Å²) in [6, 6.07) is 7.71. The van der Waals surface area contributed by atoms with Crippen LogP contribution in [0.15, 0.2) is 24.3 Å². The van der Waals surface area contributed by atoms with Gasteiger partial charge in [-0.15, -0.1) is 0 Å². The first-order valence-corrected chi connectivity index (χ1v) is 6.77. The predicted octanol–water partition coefficient (Wildman–Crippen LogP) is 1.84. The number of carbonyl (C=O) groups is 2. The molecule has 0 atom stereocenters. The molecule has 0 spiro atoms. The average Bonchev–Trinajstić information content (AvgIpc) is 3.22. The maximum absolute atomic E-state index is 12.0. The number of nitrogens with zero attached hydrogens (tertiary/aromatic N) is 1. The molecule has 0 bridgehead atoms. The molecule has 1 amide bonds. The summed E-state index contributed by atoms with van der Waals surface area (Å²) in [7, 11) is 0. The SMILES string of the molecule is Cc1ccc(OCCC(=O)N(CC(=O)O)C2CC2)cc1. The van der Waals surface area contributed by atoms with Crippen molar-refractivity contribution in [2.75, 3.05) is 13.2 Å². The third kappa shape index (κ3) is 4.26. The molecule has 0 radical (unpaired) electrons. The zero-order valence-corrected chi connectivity index (χ0v) is 11.5. The summed E-state index contributed by atoms with van der Waals surface area (Å²) < 4.78 is 5.49. The summed E-state index contributed by atoms with van der Waals surface area (Å²) in [5, 5.41) is 8.81. The van der Waals surface area contributed by atoms with Crippen LogP contribution in [0, 0.1) is 6.92 Å². The molecule has 5 nitrogen and oxygen atoms in total. The summed E-state index contributed by atoms with van der Waals surface area (Å²) in [6.07, 6.45) is 2.01. The van der Waals surface area contributed by atoms with Crippen LogP contribution in [0.3, 0.4) is 0 Å². The third-order valence-corrected chi connectivity index (χ3v) is 3.22. The third-order valence-electron chi connectivity index (χ3n) is 3.22. The normalized spacial score (nSPS) is 13.8. The van der Waals surface area contributed by atoms with E-state index >= 15 is 0 Å². The molecule has 1 saturated carbocycles. The van der Waals surface area contributed by atoms with Crippen LogP contribution in [0.1, 0.15) is 24.8 Å². The molecule has 2 rings (SSSR count). The Balaban J connectivity index is 1.78. The number of aryl methyl sites for hydroxylation is 1. The quantitative estimate of drug-likeness (QED) is 0.825. The average molecular weight is 277 g/mol. The number of ether oxygens (including phenoxy) is 1. The van der Waals surface area contributed by atoms with Gasteiger partial charge in [0.25, 0.3) is 0 Å². The minimum atomic E-state index is -0.968. The molecular formula is C15H19NO4. The van der Waals surface area contributed by atoms with Gasteiger partial charge in [-0.2, -0.15) is 0 Å². The number of hydrogen-bond donors (Lipinski definition) is 1. The highest BCUT2D eigenvalue weighted by atomic mass is 16.5. The summed E-state index contributed by atoms with van der Waals surface area (Å²) >= 11 is 0. The number of rotatable bonds is 7. The zero-order valence-electron chi connectivity index (χ0n) is 11.5. The molecule has 1 fully saturated rings. The number of carbonyl (C=O) groups excluding carboxylic acids is 1. The minimum Gasteiger partial charge on any atom is -0.493 e. The second-order valence-electron chi connectivity index (χ2n) is 5.06. The van der Waals surface area contributed by atoms with Gasteiger partial charge in [-0.25, -0.2) is 0 Å². The van der Waals surface area contributed by atoms with Crippen molar-refractivity contribution in [3.63, 3.8) is 0 Å². The lowest BCUT2D eigenvalue weighted by Gasteiger charge is -2.20. The first-order chi connectivity index (χ1) is 9.56. The topological polar surface area (TPSA) is 66.8 Å². The van der Waals surface area contributed by atoms with Crippen molar-refractivity contribution in [2.24, 2.45) is 0 Å². The van der Waals surface area contributed by atoms with Gasteiger partial charge in [-0.3, -0.25) is 9.59 Å². The Bertz CT molecular complexity index is 479.